The molecule has 1 unspecified atom stereocenters. The standard InChI is InChI=1S/C16H31N3O/c1-4-8-16(9-5-10-17-16)15(20)19(3)13-14-6-11-18(2)12-7-14/h14,17H,4-13H2,1-3H3. The van der Waals surface area contributed by atoms with Crippen molar-refractivity contribution in [2.24, 2.45) is 5.92 Å². The summed E-state index contributed by atoms with van der Waals surface area (Å²) < 4.78 is 0. The largest absolute Gasteiger partial charge is 0.344 e. The summed E-state index contributed by atoms with van der Waals surface area (Å²) in [6.45, 7) is 6.44. The molecule has 2 rings (SSSR count). The third kappa shape index (κ3) is 3.53. The van der Waals surface area contributed by atoms with Crippen LogP contribution in [0.15, 0.2) is 0 Å². The van der Waals surface area contributed by atoms with E-state index in [2.05, 4.69) is 24.2 Å². The van der Waals surface area contributed by atoms with Crippen LogP contribution >= 0.6 is 0 Å². The van der Waals surface area contributed by atoms with Crippen molar-refractivity contribution >= 4 is 5.91 Å². The molecule has 1 amide bonds. The summed E-state index contributed by atoms with van der Waals surface area (Å²) in [5, 5.41) is 3.50. The molecule has 20 heavy (non-hydrogen) atoms. The van der Waals surface area contributed by atoms with Gasteiger partial charge in [-0.15, -0.1) is 0 Å². The minimum absolute atomic E-state index is 0.255. The van der Waals surface area contributed by atoms with Gasteiger partial charge in [0.1, 0.15) is 0 Å². The van der Waals surface area contributed by atoms with E-state index in [4.69, 9.17) is 0 Å². The first-order valence-corrected chi connectivity index (χ1v) is 8.26. The Hall–Kier alpha value is -0.610. The van der Waals surface area contributed by atoms with Crippen LogP contribution < -0.4 is 5.32 Å². The molecule has 0 aromatic carbocycles. The summed E-state index contributed by atoms with van der Waals surface area (Å²) in [7, 11) is 4.18. The molecule has 2 saturated heterocycles. The fourth-order valence-corrected chi connectivity index (χ4v) is 3.82. The molecule has 1 N–H and O–H groups in total. The SMILES string of the molecule is CCCC1(C(=O)N(C)CC2CCN(C)CC2)CCCN1. The highest BCUT2D eigenvalue weighted by atomic mass is 16.2. The Balaban J connectivity index is 1.90. The summed E-state index contributed by atoms with van der Waals surface area (Å²) in [6, 6.07) is 0. The first kappa shape index (κ1) is 15.8. The number of likely N-dealkylation sites (N-methyl/N-ethyl adjacent to an activating group) is 1. The van der Waals surface area contributed by atoms with Crippen LogP contribution in [0.1, 0.15) is 45.4 Å². The number of carbonyl (C=O) groups excluding carboxylic acids is 1. The van der Waals surface area contributed by atoms with E-state index < -0.39 is 0 Å². The van der Waals surface area contributed by atoms with Crippen molar-refractivity contribution in [3.8, 4) is 0 Å². The van der Waals surface area contributed by atoms with Crippen molar-refractivity contribution in [2.45, 2.75) is 51.0 Å². The number of likely N-dealkylation sites (tertiary alicyclic amines) is 1. The van der Waals surface area contributed by atoms with Crippen LogP contribution in [0, 0.1) is 5.92 Å². The molecule has 0 aliphatic carbocycles. The second-order valence-corrected chi connectivity index (χ2v) is 6.79. The van der Waals surface area contributed by atoms with Gasteiger partial charge in [-0.1, -0.05) is 13.3 Å². The Labute approximate surface area is 123 Å². The number of rotatable bonds is 5. The van der Waals surface area contributed by atoms with Crippen LogP contribution in [-0.2, 0) is 4.79 Å². The Bertz CT molecular complexity index is 318. The van der Waals surface area contributed by atoms with Gasteiger partial charge in [0.25, 0.3) is 0 Å². The molecule has 2 fully saturated rings. The lowest BCUT2D eigenvalue weighted by Gasteiger charge is -2.36. The van der Waals surface area contributed by atoms with Crippen LogP contribution in [0.2, 0.25) is 0 Å². The topological polar surface area (TPSA) is 35.6 Å². The average molecular weight is 281 g/mol. The van der Waals surface area contributed by atoms with E-state index in [0.717, 1.165) is 38.8 Å². The smallest absolute Gasteiger partial charge is 0.242 e. The van der Waals surface area contributed by atoms with Gasteiger partial charge in [-0.2, -0.15) is 0 Å². The molecule has 116 valence electrons. The average Bonchev–Trinajstić information content (AvgIpc) is 2.90. The molecule has 2 aliphatic rings. The molecule has 0 bridgehead atoms. The van der Waals surface area contributed by atoms with E-state index in [9.17, 15) is 4.79 Å². The van der Waals surface area contributed by atoms with Crippen molar-refractivity contribution in [2.75, 3.05) is 40.3 Å². The van der Waals surface area contributed by atoms with Gasteiger partial charge in [0.05, 0.1) is 5.54 Å². The summed E-state index contributed by atoms with van der Waals surface area (Å²) in [5.74, 6) is 1.01. The van der Waals surface area contributed by atoms with Gasteiger partial charge >= 0.3 is 0 Å². The van der Waals surface area contributed by atoms with E-state index in [0.29, 0.717) is 11.8 Å². The zero-order chi connectivity index (χ0) is 14.6. The number of amides is 1. The molecule has 2 heterocycles. The lowest BCUT2D eigenvalue weighted by molar-refractivity contribution is -0.137. The second kappa shape index (κ2) is 6.90. The van der Waals surface area contributed by atoms with E-state index in [-0.39, 0.29) is 5.54 Å². The van der Waals surface area contributed by atoms with Gasteiger partial charge in [-0.25, -0.2) is 0 Å². The number of hydrogen-bond donors (Lipinski definition) is 1. The highest BCUT2D eigenvalue weighted by Gasteiger charge is 2.41. The number of hydrogen-bond acceptors (Lipinski definition) is 3. The monoisotopic (exact) mass is 281 g/mol. The lowest BCUT2D eigenvalue weighted by atomic mass is 9.89. The molecular formula is C16H31N3O. The van der Waals surface area contributed by atoms with Gasteiger partial charge < -0.3 is 15.1 Å². The summed E-state index contributed by atoms with van der Waals surface area (Å²) in [6.07, 6.45) is 6.64. The number of carbonyl (C=O) groups is 1. The predicted molar refractivity (Wildman–Crippen MR) is 82.7 cm³/mol. The minimum atomic E-state index is -0.255. The molecule has 0 aromatic heterocycles. The molecule has 0 saturated carbocycles. The molecule has 4 heteroatoms. The Morgan fingerprint density at radius 1 is 1.40 bits per heavy atom. The third-order valence-corrected chi connectivity index (χ3v) is 5.05. The van der Waals surface area contributed by atoms with Gasteiger partial charge in [0.2, 0.25) is 5.91 Å². The van der Waals surface area contributed by atoms with Gasteiger partial charge in [-0.05, 0) is 64.7 Å². The first-order valence-electron chi connectivity index (χ1n) is 8.26. The molecule has 0 radical (unpaired) electrons. The van der Waals surface area contributed by atoms with Crippen molar-refractivity contribution in [3.05, 3.63) is 0 Å². The van der Waals surface area contributed by atoms with E-state index >= 15 is 0 Å². The van der Waals surface area contributed by atoms with E-state index in [1.165, 1.54) is 25.9 Å². The van der Waals surface area contributed by atoms with Crippen molar-refractivity contribution in [1.29, 1.82) is 0 Å². The summed E-state index contributed by atoms with van der Waals surface area (Å²) in [4.78, 5) is 17.2. The van der Waals surface area contributed by atoms with Crippen LogP contribution in [0.5, 0.6) is 0 Å². The van der Waals surface area contributed by atoms with Crippen LogP contribution in [0.3, 0.4) is 0 Å². The number of piperidine rings is 1. The second-order valence-electron chi connectivity index (χ2n) is 6.79. The van der Waals surface area contributed by atoms with E-state index in [1.54, 1.807) is 0 Å². The molecule has 4 nitrogen and oxygen atoms in total. The van der Waals surface area contributed by atoms with Crippen LogP contribution in [0.4, 0.5) is 0 Å². The zero-order valence-corrected chi connectivity index (χ0v) is 13.5. The number of nitrogens with zero attached hydrogens (tertiary/aromatic N) is 2. The van der Waals surface area contributed by atoms with Gasteiger partial charge in [-0.3, -0.25) is 4.79 Å². The fraction of sp³-hybridized carbons (Fsp3) is 0.938. The highest BCUT2D eigenvalue weighted by Crippen LogP contribution is 2.27. The van der Waals surface area contributed by atoms with Crippen molar-refractivity contribution < 1.29 is 4.79 Å². The fourth-order valence-electron chi connectivity index (χ4n) is 3.82. The number of nitrogens with one attached hydrogen (secondary N) is 1. The molecule has 1 atom stereocenters. The maximum absolute atomic E-state index is 12.8. The first-order chi connectivity index (χ1) is 9.57. The molecule has 2 aliphatic heterocycles. The normalized spacial score (nSPS) is 28.8. The summed E-state index contributed by atoms with van der Waals surface area (Å²) in [5.41, 5.74) is -0.255. The van der Waals surface area contributed by atoms with Crippen molar-refractivity contribution in [1.82, 2.24) is 15.1 Å². The van der Waals surface area contributed by atoms with E-state index in [1.807, 2.05) is 11.9 Å². The minimum Gasteiger partial charge on any atom is -0.344 e. The highest BCUT2D eigenvalue weighted by molar-refractivity contribution is 5.86. The van der Waals surface area contributed by atoms with Crippen LogP contribution in [0.25, 0.3) is 0 Å². The lowest BCUT2D eigenvalue weighted by Crippen LogP contribution is -2.55. The van der Waals surface area contributed by atoms with Crippen molar-refractivity contribution in [3.63, 3.8) is 0 Å². The maximum Gasteiger partial charge on any atom is 0.242 e. The third-order valence-electron chi connectivity index (χ3n) is 5.05. The quantitative estimate of drug-likeness (QED) is 0.833. The Morgan fingerprint density at radius 3 is 2.65 bits per heavy atom. The van der Waals surface area contributed by atoms with Crippen LogP contribution in [-0.4, -0.2) is 61.5 Å². The van der Waals surface area contributed by atoms with Gasteiger partial charge in [0, 0.05) is 13.6 Å². The maximum atomic E-state index is 12.8. The summed E-state index contributed by atoms with van der Waals surface area (Å²) >= 11 is 0. The zero-order valence-electron chi connectivity index (χ0n) is 13.5. The molecule has 0 spiro atoms. The molecule has 0 aromatic rings. The Kier molecular flexibility index (Phi) is 5.44. The Morgan fingerprint density at radius 2 is 2.10 bits per heavy atom. The predicted octanol–water partition coefficient (Wildman–Crippen LogP) is 1.71. The molecular weight excluding hydrogens is 250 g/mol. The van der Waals surface area contributed by atoms with Gasteiger partial charge in [0.15, 0.2) is 0 Å².